The average molecular weight is 322 g/mol. The number of nitrogens with zero attached hydrogens (tertiary/aromatic N) is 1. The van der Waals surface area contributed by atoms with E-state index in [1.165, 1.54) is 12.1 Å². The van der Waals surface area contributed by atoms with E-state index in [0.717, 1.165) is 0 Å². The Labute approximate surface area is 128 Å². The van der Waals surface area contributed by atoms with Gasteiger partial charge < -0.3 is 5.73 Å². The van der Waals surface area contributed by atoms with Crippen LogP contribution in [0.25, 0.3) is 0 Å². The minimum Gasteiger partial charge on any atom is -0.397 e. The zero-order valence-electron chi connectivity index (χ0n) is 10.9. The predicted molar refractivity (Wildman–Crippen MR) is 83.3 cm³/mol. The van der Waals surface area contributed by atoms with Gasteiger partial charge >= 0.3 is 0 Å². The van der Waals surface area contributed by atoms with Crippen molar-refractivity contribution in [3.8, 4) is 6.07 Å². The van der Waals surface area contributed by atoms with Gasteiger partial charge in [0.25, 0.3) is 0 Å². The minimum absolute atomic E-state index is 0.219. The Balaban J connectivity index is 2.27. The molecule has 0 spiro atoms. The van der Waals surface area contributed by atoms with Gasteiger partial charge in [0.2, 0.25) is 10.0 Å². The zero-order valence-corrected chi connectivity index (χ0v) is 12.4. The van der Waals surface area contributed by atoms with Crippen molar-refractivity contribution >= 4 is 33.0 Å². The predicted octanol–water partition coefficient (Wildman–Crippen LogP) is 2.74. The molecular formula is C14H12ClN3O2S. The molecule has 0 fully saturated rings. The third-order valence-corrected chi connectivity index (χ3v) is 4.22. The average Bonchev–Trinajstić information content (AvgIpc) is 2.43. The van der Waals surface area contributed by atoms with E-state index in [-0.39, 0.29) is 17.1 Å². The molecule has 2 aromatic carbocycles. The van der Waals surface area contributed by atoms with Crippen LogP contribution in [0.5, 0.6) is 0 Å². The second kappa shape index (κ2) is 6.04. The first-order chi connectivity index (χ1) is 9.91. The number of benzene rings is 2. The maximum Gasteiger partial charge on any atom is 0.237 e. The molecule has 0 unspecified atom stereocenters. The van der Waals surface area contributed by atoms with E-state index in [9.17, 15) is 8.42 Å². The van der Waals surface area contributed by atoms with Gasteiger partial charge in [0.15, 0.2) is 0 Å². The highest BCUT2D eigenvalue weighted by Crippen LogP contribution is 2.25. The molecule has 5 nitrogen and oxygen atoms in total. The molecule has 0 aliphatic heterocycles. The SMILES string of the molecule is N#Cc1ccccc1CS(=O)(=O)Nc1cc(Cl)ccc1N. The van der Waals surface area contributed by atoms with Crippen LogP contribution in [0.1, 0.15) is 11.1 Å². The fourth-order valence-corrected chi connectivity index (χ4v) is 3.20. The molecule has 0 amide bonds. The Kier molecular flexibility index (Phi) is 4.36. The van der Waals surface area contributed by atoms with Gasteiger partial charge in [-0.1, -0.05) is 29.8 Å². The number of anilines is 2. The van der Waals surface area contributed by atoms with Crippen LogP contribution < -0.4 is 10.5 Å². The Bertz CT molecular complexity index is 813. The smallest absolute Gasteiger partial charge is 0.237 e. The van der Waals surface area contributed by atoms with Crippen LogP contribution >= 0.6 is 11.6 Å². The molecule has 0 atom stereocenters. The summed E-state index contributed by atoms with van der Waals surface area (Å²) in [4.78, 5) is 0. The first-order valence-corrected chi connectivity index (χ1v) is 7.98. The number of hydrogen-bond donors (Lipinski definition) is 2. The Morgan fingerprint density at radius 1 is 1.24 bits per heavy atom. The van der Waals surface area contributed by atoms with Gasteiger partial charge in [0, 0.05) is 5.02 Å². The molecule has 108 valence electrons. The quantitative estimate of drug-likeness (QED) is 0.846. The highest BCUT2D eigenvalue weighted by atomic mass is 35.5. The van der Waals surface area contributed by atoms with Gasteiger partial charge in [-0.2, -0.15) is 5.26 Å². The van der Waals surface area contributed by atoms with Crippen LogP contribution in [0.2, 0.25) is 5.02 Å². The van der Waals surface area contributed by atoms with Crippen LogP contribution in [-0.4, -0.2) is 8.42 Å². The molecule has 0 aromatic heterocycles. The van der Waals surface area contributed by atoms with E-state index in [0.29, 0.717) is 16.1 Å². The number of sulfonamides is 1. The minimum atomic E-state index is -3.70. The molecule has 0 bridgehead atoms. The number of nitrogen functional groups attached to an aromatic ring is 1. The van der Waals surface area contributed by atoms with Crippen molar-refractivity contribution in [1.29, 1.82) is 5.26 Å². The fourth-order valence-electron chi connectivity index (χ4n) is 1.78. The van der Waals surface area contributed by atoms with Crippen molar-refractivity contribution in [2.75, 3.05) is 10.5 Å². The molecule has 0 aliphatic rings. The van der Waals surface area contributed by atoms with Gasteiger partial charge in [-0.15, -0.1) is 0 Å². The topological polar surface area (TPSA) is 96.0 Å². The summed E-state index contributed by atoms with van der Waals surface area (Å²) in [5, 5.41) is 9.36. The lowest BCUT2D eigenvalue weighted by atomic mass is 10.1. The van der Waals surface area contributed by atoms with Crippen LogP contribution in [0.4, 0.5) is 11.4 Å². The molecule has 7 heteroatoms. The Hall–Kier alpha value is -2.23. The first kappa shape index (κ1) is 15.2. The summed E-state index contributed by atoms with van der Waals surface area (Å²) in [6.07, 6.45) is 0. The molecular weight excluding hydrogens is 310 g/mol. The second-order valence-electron chi connectivity index (χ2n) is 4.36. The van der Waals surface area contributed by atoms with E-state index in [2.05, 4.69) is 4.72 Å². The van der Waals surface area contributed by atoms with Gasteiger partial charge in [0.1, 0.15) is 0 Å². The Morgan fingerprint density at radius 2 is 1.95 bits per heavy atom. The molecule has 0 heterocycles. The monoisotopic (exact) mass is 321 g/mol. The third-order valence-electron chi connectivity index (χ3n) is 2.76. The summed E-state index contributed by atoms with van der Waals surface area (Å²) in [6.45, 7) is 0. The summed E-state index contributed by atoms with van der Waals surface area (Å²) in [6, 6.07) is 13.0. The molecule has 0 saturated carbocycles. The first-order valence-electron chi connectivity index (χ1n) is 5.95. The van der Waals surface area contributed by atoms with Gasteiger partial charge in [-0.05, 0) is 29.8 Å². The lowest BCUT2D eigenvalue weighted by Crippen LogP contribution is -2.16. The van der Waals surface area contributed by atoms with E-state index < -0.39 is 10.0 Å². The summed E-state index contributed by atoms with van der Waals surface area (Å²) < 4.78 is 26.7. The van der Waals surface area contributed by atoms with Gasteiger partial charge in [-0.3, -0.25) is 4.72 Å². The number of nitrogens with two attached hydrogens (primary N) is 1. The summed E-state index contributed by atoms with van der Waals surface area (Å²) in [5.41, 5.74) is 6.95. The number of rotatable bonds is 4. The zero-order chi connectivity index (χ0) is 15.5. The van der Waals surface area contributed by atoms with Crippen molar-refractivity contribution in [1.82, 2.24) is 0 Å². The maximum atomic E-state index is 12.2. The highest BCUT2D eigenvalue weighted by Gasteiger charge is 2.15. The third kappa shape index (κ3) is 3.88. The molecule has 0 radical (unpaired) electrons. The van der Waals surface area contributed by atoms with Crippen LogP contribution in [0.15, 0.2) is 42.5 Å². The van der Waals surface area contributed by atoms with E-state index in [1.54, 1.807) is 30.3 Å². The van der Waals surface area contributed by atoms with Crippen LogP contribution in [0.3, 0.4) is 0 Å². The van der Waals surface area contributed by atoms with Gasteiger partial charge in [0.05, 0.1) is 28.8 Å². The van der Waals surface area contributed by atoms with Gasteiger partial charge in [-0.25, -0.2) is 8.42 Å². The normalized spacial score (nSPS) is 10.9. The summed E-state index contributed by atoms with van der Waals surface area (Å²) in [7, 11) is -3.70. The molecule has 21 heavy (non-hydrogen) atoms. The second-order valence-corrected chi connectivity index (χ2v) is 6.52. The lowest BCUT2D eigenvalue weighted by molar-refractivity contribution is 0.600. The lowest BCUT2D eigenvalue weighted by Gasteiger charge is -2.11. The van der Waals surface area contributed by atoms with E-state index in [4.69, 9.17) is 22.6 Å². The Morgan fingerprint density at radius 3 is 2.67 bits per heavy atom. The molecule has 2 aromatic rings. The summed E-state index contributed by atoms with van der Waals surface area (Å²) in [5.74, 6) is -0.317. The van der Waals surface area contributed by atoms with Crippen molar-refractivity contribution in [2.24, 2.45) is 0 Å². The summed E-state index contributed by atoms with van der Waals surface area (Å²) >= 11 is 5.82. The molecule has 0 aliphatic carbocycles. The van der Waals surface area contributed by atoms with Crippen molar-refractivity contribution in [2.45, 2.75) is 5.75 Å². The van der Waals surface area contributed by atoms with Crippen LogP contribution in [-0.2, 0) is 15.8 Å². The largest absolute Gasteiger partial charge is 0.397 e. The maximum absolute atomic E-state index is 12.2. The highest BCUT2D eigenvalue weighted by molar-refractivity contribution is 7.91. The molecule has 0 saturated heterocycles. The molecule has 2 rings (SSSR count). The number of nitriles is 1. The van der Waals surface area contributed by atoms with Crippen molar-refractivity contribution in [3.05, 3.63) is 58.6 Å². The molecule has 3 N–H and O–H groups in total. The fraction of sp³-hybridized carbons (Fsp3) is 0.0714. The van der Waals surface area contributed by atoms with E-state index in [1.807, 2.05) is 6.07 Å². The number of nitrogens with one attached hydrogen (secondary N) is 1. The van der Waals surface area contributed by atoms with Crippen molar-refractivity contribution < 1.29 is 8.42 Å². The van der Waals surface area contributed by atoms with Crippen molar-refractivity contribution in [3.63, 3.8) is 0 Å². The van der Waals surface area contributed by atoms with Crippen LogP contribution in [0, 0.1) is 11.3 Å². The number of halogens is 1. The standard InChI is InChI=1S/C14H12ClN3O2S/c15-12-5-6-13(17)14(7-12)18-21(19,20)9-11-4-2-1-3-10(11)8-16/h1-7,18H,9,17H2. The van der Waals surface area contributed by atoms with E-state index >= 15 is 0 Å². The number of hydrogen-bond acceptors (Lipinski definition) is 4.